The standard InChI is InChI=1S/C28H24O5/c1-16-21-11-7-18-15-20(31-3)10-12-22(18)26(21)27-23(25(16)28(29)32-4)13-14-24(33-27)17-5-8-19(30-2)9-6-17/h5-15,24H,1-4H3. The average Bonchev–Trinajstić information content (AvgIpc) is 2.87. The molecule has 0 saturated heterocycles. The van der Waals surface area contributed by atoms with Gasteiger partial charge in [-0.15, -0.1) is 0 Å². The molecule has 0 aromatic heterocycles. The van der Waals surface area contributed by atoms with Gasteiger partial charge in [-0.25, -0.2) is 4.79 Å². The van der Waals surface area contributed by atoms with Crippen molar-refractivity contribution in [1.82, 2.24) is 0 Å². The van der Waals surface area contributed by atoms with E-state index in [2.05, 4.69) is 0 Å². The van der Waals surface area contributed by atoms with E-state index in [0.717, 1.165) is 49.7 Å². The van der Waals surface area contributed by atoms with Crippen molar-refractivity contribution in [3.63, 3.8) is 0 Å². The highest BCUT2D eigenvalue weighted by molar-refractivity contribution is 6.16. The normalized spacial score (nSPS) is 14.6. The Morgan fingerprint density at radius 2 is 1.58 bits per heavy atom. The molecule has 5 rings (SSSR count). The number of carbonyl (C=O) groups excluding carboxylic acids is 1. The molecule has 0 fully saturated rings. The highest BCUT2D eigenvalue weighted by Crippen LogP contribution is 2.45. The Bertz CT molecular complexity index is 1420. The van der Waals surface area contributed by atoms with Gasteiger partial charge in [0, 0.05) is 10.9 Å². The third kappa shape index (κ3) is 3.37. The minimum Gasteiger partial charge on any atom is -0.497 e. The second-order valence-corrected chi connectivity index (χ2v) is 7.98. The Kier molecular flexibility index (Phi) is 5.17. The maximum absolute atomic E-state index is 12.8. The molecule has 1 aliphatic rings. The van der Waals surface area contributed by atoms with Gasteiger partial charge < -0.3 is 18.9 Å². The van der Waals surface area contributed by atoms with Gasteiger partial charge in [-0.1, -0.05) is 30.3 Å². The summed E-state index contributed by atoms with van der Waals surface area (Å²) in [6.45, 7) is 1.95. The first-order valence-corrected chi connectivity index (χ1v) is 10.7. The Labute approximate surface area is 192 Å². The lowest BCUT2D eigenvalue weighted by molar-refractivity contribution is 0.0599. The van der Waals surface area contributed by atoms with Crippen LogP contribution >= 0.6 is 0 Å². The monoisotopic (exact) mass is 440 g/mol. The molecule has 1 aliphatic heterocycles. The highest BCUT2D eigenvalue weighted by Gasteiger charge is 2.28. The molecule has 5 nitrogen and oxygen atoms in total. The van der Waals surface area contributed by atoms with Gasteiger partial charge in [0.2, 0.25) is 0 Å². The number of esters is 1. The lowest BCUT2D eigenvalue weighted by atomic mass is 9.89. The van der Waals surface area contributed by atoms with E-state index in [4.69, 9.17) is 18.9 Å². The predicted molar refractivity (Wildman–Crippen MR) is 129 cm³/mol. The van der Waals surface area contributed by atoms with Crippen LogP contribution in [0.1, 0.15) is 33.2 Å². The van der Waals surface area contributed by atoms with E-state index in [-0.39, 0.29) is 12.1 Å². The summed E-state index contributed by atoms with van der Waals surface area (Å²) in [4.78, 5) is 12.8. The Morgan fingerprint density at radius 1 is 0.879 bits per heavy atom. The maximum Gasteiger partial charge on any atom is 0.338 e. The molecular weight excluding hydrogens is 416 g/mol. The number of aryl methyl sites for hydroxylation is 1. The van der Waals surface area contributed by atoms with Gasteiger partial charge in [0.25, 0.3) is 0 Å². The van der Waals surface area contributed by atoms with Crippen LogP contribution in [-0.4, -0.2) is 27.3 Å². The smallest absolute Gasteiger partial charge is 0.338 e. The quantitative estimate of drug-likeness (QED) is 0.277. The molecule has 0 bridgehead atoms. The molecule has 33 heavy (non-hydrogen) atoms. The molecule has 0 saturated carbocycles. The summed E-state index contributed by atoms with van der Waals surface area (Å²) in [5, 5.41) is 4.00. The van der Waals surface area contributed by atoms with Crippen molar-refractivity contribution >= 4 is 33.6 Å². The third-order valence-electron chi connectivity index (χ3n) is 6.26. The number of fused-ring (bicyclic) bond motifs is 5. The summed E-state index contributed by atoms with van der Waals surface area (Å²) in [5.74, 6) is 1.87. The van der Waals surface area contributed by atoms with Crippen LogP contribution in [0.5, 0.6) is 17.2 Å². The molecule has 5 heteroatoms. The molecule has 4 aromatic rings. The lowest BCUT2D eigenvalue weighted by Gasteiger charge is -2.26. The number of rotatable bonds is 4. The van der Waals surface area contributed by atoms with Crippen molar-refractivity contribution in [3.05, 3.63) is 82.9 Å². The number of methoxy groups -OCH3 is 3. The fourth-order valence-corrected chi connectivity index (χ4v) is 4.55. The summed E-state index contributed by atoms with van der Waals surface area (Å²) >= 11 is 0. The SMILES string of the molecule is COC(=O)c1c2c(c3c(ccc4cc(OC)ccc43)c1C)OC(c1ccc(OC)cc1)C=C2. The molecular formula is C28H24O5. The number of ether oxygens (including phenoxy) is 4. The van der Waals surface area contributed by atoms with E-state index < -0.39 is 0 Å². The summed E-state index contributed by atoms with van der Waals surface area (Å²) in [6, 6.07) is 17.9. The fourth-order valence-electron chi connectivity index (χ4n) is 4.55. The van der Waals surface area contributed by atoms with Gasteiger partial charge in [0.05, 0.1) is 26.9 Å². The topological polar surface area (TPSA) is 54.0 Å². The van der Waals surface area contributed by atoms with Crippen LogP contribution in [0.25, 0.3) is 27.6 Å². The van der Waals surface area contributed by atoms with Gasteiger partial charge in [0.1, 0.15) is 23.4 Å². The van der Waals surface area contributed by atoms with Crippen LogP contribution in [0.4, 0.5) is 0 Å². The Hall–Kier alpha value is -3.99. The summed E-state index contributed by atoms with van der Waals surface area (Å²) in [7, 11) is 4.70. The van der Waals surface area contributed by atoms with E-state index in [1.807, 2.05) is 73.7 Å². The zero-order valence-corrected chi connectivity index (χ0v) is 19.0. The molecule has 0 amide bonds. The summed E-state index contributed by atoms with van der Waals surface area (Å²) < 4.78 is 22.4. The van der Waals surface area contributed by atoms with E-state index >= 15 is 0 Å². The first-order chi connectivity index (χ1) is 16.0. The molecule has 0 radical (unpaired) electrons. The van der Waals surface area contributed by atoms with Crippen molar-refractivity contribution in [3.8, 4) is 17.2 Å². The fraction of sp³-hybridized carbons (Fsp3) is 0.179. The highest BCUT2D eigenvalue weighted by atomic mass is 16.5. The van der Waals surface area contributed by atoms with Crippen LogP contribution in [0.3, 0.4) is 0 Å². The van der Waals surface area contributed by atoms with Gasteiger partial charge in [-0.2, -0.15) is 0 Å². The van der Waals surface area contributed by atoms with Crippen molar-refractivity contribution in [2.45, 2.75) is 13.0 Å². The largest absolute Gasteiger partial charge is 0.497 e. The van der Waals surface area contributed by atoms with Gasteiger partial charge in [-0.05, 0) is 70.6 Å². The molecule has 1 heterocycles. The number of carbonyl (C=O) groups is 1. The number of benzene rings is 4. The molecule has 0 aliphatic carbocycles. The first kappa shape index (κ1) is 20.9. The summed E-state index contributed by atoms with van der Waals surface area (Å²) in [5.41, 5.74) is 3.12. The zero-order valence-electron chi connectivity index (χ0n) is 19.0. The van der Waals surface area contributed by atoms with Crippen LogP contribution in [0.2, 0.25) is 0 Å². The van der Waals surface area contributed by atoms with Crippen molar-refractivity contribution in [2.24, 2.45) is 0 Å². The van der Waals surface area contributed by atoms with E-state index in [0.29, 0.717) is 11.3 Å². The van der Waals surface area contributed by atoms with E-state index in [1.165, 1.54) is 7.11 Å². The van der Waals surface area contributed by atoms with Crippen LogP contribution in [0.15, 0.2) is 60.7 Å². The van der Waals surface area contributed by atoms with Crippen LogP contribution < -0.4 is 14.2 Å². The van der Waals surface area contributed by atoms with Crippen LogP contribution in [0, 0.1) is 6.92 Å². The average molecular weight is 440 g/mol. The molecule has 1 atom stereocenters. The van der Waals surface area contributed by atoms with E-state index in [9.17, 15) is 4.79 Å². The summed E-state index contributed by atoms with van der Waals surface area (Å²) in [6.07, 6.45) is 3.64. The zero-order chi connectivity index (χ0) is 23.1. The first-order valence-electron chi connectivity index (χ1n) is 10.7. The molecule has 4 aromatic carbocycles. The molecule has 0 spiro atoms. The second-order valence-electron chi connectivity index (χ2n) is 7.98. The maximum atomic E-state index is 12.8. The third-order valence-corrected chi connectivity index (χ3v) is 6.26. The molecule has 1 unspecified atom stereocenters. The minimum atomic E-state index is -0.378. The van der Waals surface area contributed by atoms with Gasteiger partial charge in [-0.3, -0.25) is 0 Å². The lowest BCUT2D eigenvalue weighted by Crippen LogP contribution is -2.14. The number of hydrogen-bond acceptors (Lipinski definition) is 5. The van der Waals surface area contributed by atoms with Crippen molar-refractivity contribution in [1.29, 1.82) is 0 Å². The van der Waals surface area contributed by atoms with Crippen molar-refractivity contribution in [2.75, 3.05) is 21.3 Å². The Balaban J connectivity index is 1.78. The molecule has 166 valence electrons. The Morgan fingerprint density at radius 3 is 2.27 bits per heavy atom. The number of hydrogen-bond donors (Lipinski definition) is 0. The van der Waals surface area contributed by atoms with Gasteiger partial charge in [0.15, 0.2) is 0 Å². The van der Waals surface area contributed by atoms with Crippen molar-refractivity contribution < 1.29 is 23.7 Å². The van der Waals surface area contributed by atoms with Crippen LogP contribution in [-0.2, 0) is 4.74 Å². The second kappa shape index (κ2) is 8.17. The van der Waals surface area contributed by atoms with E-state index in [1.54, 1.807) is 14.2 Å². The predicted octanol–water partition coefficient (Wildman–Crippen LogP) is 6.25. The molecule has 0 N–H and O–H groups in total. The van der Waals surface area contributed by atoms with Gasteiger partial charge >= 0.3 is 5.97 Å². The minimum absolute atomic E-state index is 0.298.